The summed E-state index contributed by atoms with van der Waals surface area (Å²) in [5.41, 5.74) is 0. The smallest absolute Gasteiger partial charge is 0.00639 e. The molecule has 0 aromatic carbocycles. The molecule has 1 heterocycles. The van der Waals surface area contributed by atoms with E-state index in [0.29, 0.717) is 0 Å². The molecule has 1 fully saturated rings. The topological polar surface area (TPSA) is 15.3 Å². The Bertz CT molecular complexity index is 106. The molecule has 1 aliphatic rings. The number of hydrogen-bond donors (Lipinski definition) is 1. The third-order valence-electron chi connectivity index (χ3n) is 2.72. The van der Waals surface area contributed by atoms with E-state index in [1.54, 1.807) is 0 Å². The van der Waals surface area contributed by atoms with Crippen LogP contribution in [0.2, 0.25) is 0 Å². The van der Waals surface area contributed by atoms with Crippen LogP contribution in [0.5, 0.6) is 0 Å². The van der Waals surface area contributed by atoms with Crippen molar-refractivity contribution in [3.05, 3.63) is 0 Å². The first kappa shape index (κ1) is 9.01. The number of hydrogen-bond acceptors (Lipinski definition) is 2. The highest BCUT2D eigenvalue weighted by molar-refractivity contribution is 4.75. The molecule has 1 rings (SSSR count). The van der Waals surface area contributed by atoms with Gasteiger partial charge in [0.05, 0.1) is 0 Å². The average molecular weight is 156 g/mol. The minimum atomic E-state index is 0.736. The van der Waals surface area contributed by atoms with Crippen LogP contribution in [-0.2, 0) is 0 Å². The van der Waals surface area contributed by atoms with Crippen molar-refractivity contribution >= 4 is 0 Å². The van der Waals surface area contributed by atoms with Crippen LogP contribution in [0.3, 0.4) is 0 Å². The van der Waals surface area contributed by atoms with Gasteiger partial charge in [-0.05, 0) is 52.9 Å². The van der Waals surface area contributed by atoms with Crippen LogP contribution in [0.4, 0.5) is 0 Å². The molecule has 0 aliphatic carbocycles. The Hall–Kier alpha value is -0.0800. The molecule has 0 radical (unpaired) electrons. The molecule has 1 N–H and O–H groups in total. The van der Waals surface area contributed by atoms with Gasteiger partial charge in [-0.15, -0.1) is 0 Å². The van der Waals surface area contributed by atoms with E-state index in [1.807, 2.05) is 0 Å². The summed E-state index contributed by atoms with van der Waals surface area (Å²) >= 11 is 0. The summed E-state index contributed by atoms with van der Waals surface area (Å²) in [4.78, 5) is 2.30. The van der Waals surface area contributed by atoms with Gasteiger partial charge in [0, 0.05) is 6.04 Å². The van der Waals surface area contributed by atoms with Crippen molar-refractivity contribution in [3.8, 4) is 0 Å². The van der Waals surface area contributed by atoms with Gasteiger partial charge in [-0.3, -0.25) is 0 Å². The summed E-state index contributed by atoms with van der Waals surface area (Å²) in [6.07, 6.45) is 2.72. The van der Waals surface area contributed by atoms with Crippen LogP contribution in [-0.4, -0.2) is 38.1 Å². The van der Waals surface area contributed by atoms with Crippen LogP contribution >= 0.6 is 0 Å². The van der Waals surface area contributed by atoms with E-state index < -0.39 is 0 Å². The normalized spacial score (nSPS) is 27.8. The molecule has 2 nitrogen and oxygen atoms in total. The Morgan fingerprint density at radius 2 is 2.27 bits per heavy atom. The van der Waals surface area contributed by atoms with E-state index in [9.17, 15) is 0 Å². The Morgan fingerprint density at radius 1 is 1.55 bits per heavy atom. The van der Waals surface area contributed by atoms with Gasteiger partial charge in [0.25, 0.3) is 0 Å². The third kappa shape index (κ3) is 2.80. The standard InChI is InChI=1S/C9H20N2/c1-8(11(2)3)6-9-4-5-10-7-9/h8-10H,4-7H2,1-3H3. The number of nitrogens with zero attached hydrogens (tertiary/aromatic N) is 1. The predicted octanol–water partition coefficient (Wildman–Crippen LogP) is 0.936. The maximum absolute atomic E-state index is 3.40. The van der Waals surface area contributed by atoms with Gasteiger partial charge in [0.2, 0.25) is 0 Å². The summed E-state index contributed by atoms with van der Waals surface area (Å²) < 4.78 is 0. The number of rotatable bonds is 3. The fourth-order valence-corrected chi connectivity index (χ4v) is 1.61. The molecule has 66 valence electrons. The van der Waals surface area contributed by atoms with E-state index in [4.69, 9.17) is 0 Å². The monoisotopic (exact) mass is 156 g/mol. The molecule has 0 spiro atoms. The zero-order valence-electron chi connectivity index (χ0n) is 7.93. The van der Waals surface area contributed by atoms with Crippen molar-refractivity contribution in [1.29, 1.82) is 0 Å². The lowest BCUT2D eigenvalue weighted by Gasteiger charge is -2.22. The Morgan fingerprint density at radius 3 is 2.73 bits per heavy atom. The lowest BCUT2D eigenvalue weighted by molar-refractivity contribution is 0.267. The molecule has 0 saturated carbocycles. The van der Waals surface area contributed by atoms with Gasteiger partial charge >= 0.3 is 0 Å². The van der Waals surface area contributed by atoms with Crippen molar-refractivity contribution in [3.63, 3.8) is 0 Å². The van der Waals surface area contributed by atoms with E-state index in [2.05, 4.69) is 31.2 Å². The molecule has 2 atom stereocenters. The second-order valence-corrected chi connectivity index (χ2v) is 3.91. The molecule has 0 amide bonds. The predicted molar refractivity (Wildman–Crippen MR) is 48.7 cm³/mol. The molecule has 2 heteroatoms. The highest BCUT2D eigenvalue weighted by atomic mass is 15.1. The van der Waals surface area contributed by atoms with E-state index in [0.717, 1.165) is 12.0 Å². The van der Waals surface area contributed by atoms with E-state index in [1.165, 1.54) is 25.9 Å². The molecule has 11 heavy (non-hydrogen) atoms. The van der Waals surface area contributed by atoms with Crippen molar-refractivity contribution in [1.82, 2.24) is 10.2 Å². The lowest BCUT2D eigenvalue weighted by Crippen LogP contribution is -2.27. The Kier molecular flexibility index (Phi) is 3.34. The zero-order chi connectivity index (χ0) is 8.27. The second-order valence-electron chi connectivity index (χ2n) is 3.91. The Labute approximate surface area is 70.0 Å². The van der Waals surface area contributed by atoms with Crippen LogP contribution in [0.25, 0.3) is 0 Å². The molecule has 0 aromatic rings. The highest BCUT2D eigenvalue weighted by Gasteiger charge is 2.17. The lowest BCUT2D eigenvalue weighted by atomic mass is 10.00. The minimum absolute atomic E-state index is 0.736. The van der Waals surface area contributed by atoms with Crippen molar-refractivity contribution in [2.24, 2.45) is 5.92 Å². The zero-order valence-corrected chi connectivity index (χ0v) is 7.93. The first-order valence-corrected chi connectivity index (χ1v) is 4.57. The fraction of sp³-hybridized carbons (Fsp3) is 1.00. The van der Waals surface area contributed by atoms with Crippen LogP contribution < -0.4 is 5.32 Å². The number of nitrogens with one attached hydrogen (secondary N) is 1. The molecule has 1 aliphatic heterocycles. The maximum Gasteiger partial charge on any atom is 0.00639 e. The molecule has 2 unspecified atom stereocenters. The van der Waals surface area contributed by atoms with E-state index >= 15 is 0 Å². The summed E-state index contributed by atoms with van der Waals surface area (Å²) in [6, 6.07) is 0.736. The van der Waals surface area contributed by atoms with Crippen molar-refractivity contribution < 1.29 is 0 Å². The van der Waals surface area contributed by atoms with Gasteiger partial charge in [0.15, 0.2) is 0 Å². The quantitative estimate of drug-likeness (QED) is 0.654. The largest absolute Gasteiger partial charge is 0.316 e. The molecular formula is C9H20N2. The minimum Gasteiger partial charge on any atom is -0.316 e. The summed E-state index contributed by atoms with van der Waals surface area (Å²) in [6.45, 7) is 4.77. The van der Waals surface area contributed by atoms with Crippen LogP contribution in [0.15, 0.2) is 0 Å². The average Bonchev–Trinajstić information content (AvgIpc) is 2.39. The third-order valence-corrected chi connectivity index (χ3v) is 2.72. The second kappa shape index (κ2) is 4.07. The van der Waals surface area contributed by atoms with Gasteiger partial charge in [-0.2, -0.15) is 0 Å². The Balaban J connectivity index is 2.18. The molecule has 0 bridgehead atoms. The van der Waals surface area contributed by atoms with Gasteiger partial charge in [-0.1, -0.05) is 0 Å². The first-order valence-electron chi connectivity index (χ1n) is 4.57. The summed E-state index contributed by atoms with van der Waals surface area (Å²) in [7, 11) is 4.32. The fourth-order valence-electron chi connectivity index (χ4n) is 1.61. The molecule has 1 saturated heterocycles. The van der Waals surface area contributed by atoms with Crippen LogP contribution in [0.1, 0.15) is 19.8 Å². The van der Waals surface area contributed by atoms with Gasteiger partial charge in [0.1, 0.15) is 0 Å². The molecular weight excluding hydrogens is 136 g/mol. The highest BCUT2D eigenvalue weighted by Crippen LogP contribution is 2.15. The summed E-state index contributed by atoms with van der Waals surface area (Å²) in [5, 5.41) is 3.40. The van der Waals surface area contributed by atoms with E-state index in [-0.39, 0.29) is 0 Å². The molecule has 0 aromatic heterocycles. The van der Waals surface area contributed by atoms with Gasteiger partial charge in [-0.25, -0.2) is 0 Å². The summed E-state index contributed by atoms with van der Waals surface area (Å²) in [5.74, 6) is 0.924. The van der Waals surface area contributed by atoms with Crippen LogP contribution in [0, 0.1) is 5.92 Å². The van der Waals surface area contributed by atoms with Gasteiger partial charge < -0.3 is 10.2 Å². The maximum atomic E-state index is 3.40. The van der Waals surface area contributed by atoms with Crippen molar-refractivity contribution in [2.45, 2.75) is 25.8 Å². The SMILES string of the molecule is CC(CC1CCNC1)N(C)C. The first-order chi connectivity index (χ1) is 5.20. The van der Waals surface area contributed by atoms with Crippen molar-refractivity contribution in [2.75, 3.05) is 27.2 Å².